The molecule has 1 aliphatic heterocycles. The summed E-state index contributed by atoms with van der Waals surface area (Å²) in [4.78, 5) is 6.69. The van der Waals surface area contributed by atoms with Crippen molar-refractivity contribution in [2.75, 3.05) is 52.5 Å². The van der Waals surface area contributed by atoms with Crippen LogP contribution in [0.15, 0.2) is 21.8 Å². The van der Waals surface area contributed by atoms with Crippen LogP contribution < -0.4 is 5.32 Å². The Kier molecular flexibility index (Phi) is 12.0. The maximum absolute atomic E-state index is 12.5. The number of hydrogen-bond acceptors (Lipinski definition) is 6. The van der Waals surface area contributed by atoms with Crippen LogP contribution in [0.1, 0.15) is 32.4 Å². The first-order valence-corrected chi connectivity index (χ1v) is 11.2. The predicted octanol–water partition coefficient (Wildman–Crippen LogP) is 1.52. The van der Waals surface area contributed by atoms with Gasteiger partial charge in [0.2, 0.25) is 10.0 Å². The van der Waals surface area contributed by atoms with Crippen molar-refractivity contribution in [2.24, 2.45) is 4.99 Å². The average molecular weight is 529 g/mol. The van der Waals surface area contributed by atoms with Crippen molar-refractivity contribution in [1.29, 1.82) is 0 Å². The van der Waals surface area contributed by atoms with Crippen LogP contribution in [-0.4, -0.2) is 81.2 Å². The van der Waals surface area contributed by atoms with Gasteiger partial charge in [-0.25, -0.2) is 8.42 Å². The molecule has 0 spiro atoms. The topological polar surface area (TPSA) is 100 Å². The number of ether oxygens (including phenoxy) is 1. The van der Waals surface area contributed by atoms with Crippen LogP contribution in [0.25, 0.3) is 0 Å². The van der Waals surface area contributed by atoms with E-state index in [2.05, 4.69) is 27.3 Å². The van der Waals surface area contributed by atoms with Gasteiger partial charge in [0.1, 0.15) is 12.0 Å². The van der Waals surface area contributed by atoms with Crippen LogP contribution in [0.3, 0.4) is 0 Å². The highest BCUT2D eigenvalue weighted by Gasteiger charge is 2.28. The lowest BCUT2D eigenvalue weighted by atomic mass is 10.4. The number of nitrogens with zero attached hydrogens (tertiary/aromatic N) is 4. The first kappa shape index (κ1) is 25.1. The van der Waals surface area contributed by atoms with Gasteiger partial charge in [0.15, 0.2) is 5.96 Å². The largest absolute Gasteiger partial charge is 0.380 e. The van der Waals surface area contributed by atoms with Crippen LogP contribution >= 0.6 is 24.0 Å². The van der Waals surface area contributed by atoms with Gasteiger partial charge in [0.05, 0.1) is 18.8 Å². The Bertz CT molecular complexity index is 661. The second-order valence-electron chi connectivity index (χ2n) is 6.33. The third-order valence-electron chi connectivity index (χ3n) is 4.23. The summed E-state index contributed by atoms with van der Waals surface area (Å²) in [7, 11) is -3.39. The molecular formula is C17H32IN5O4S. The first-order valence-electron chi connectivity index (χ1n) is 9.55. The van der Waals surface area contributed by atoms with E-state index in [9.17, 15) is 8.42 Å². The van der Waals surface area contributed by atoms with Crippen LogP contribution in [0.4, 0.5) is 0 Å². The summed E-state index contributed by atoms with van der Waals surface area (Å²) >= 11 is 0. The number of guanidine groups is 1. The molecule has 1 aromatic rings. The summed E-state index contributed by atoms with van der Waals surface area (Å²) in [6, 6.07) is 1.58. The van der Waals surface area contributed by atoms with Gasteiger partial charge in [-0.15, -0.1) is 24.0 Å². The van der Waals surface area contributed by atoms with E-state index in [0.29, 0.717) is 45.0 Å². The summed E-state index contributed by atoms with van der Waals surface area (Å²) in [6.07, 6.45) is 3.57. The number of hydrogen-bond donors (Lipinski definition) is 1. The molecule has 11 heteroatoms. The number of piperazine rings is 1. The molecule has 162 valence electrons. The summed E-state index contributed by atoms with van der Waals surface area (Å²) in [5.41, 5.74) is 0.426. The van der Waals surface area contributed by atoms with Crippen molar-refractivity contribution < 1.29 is 17.7 Å². The zero-order chi connectivity index (χ0) is 19.5. The van der Waals surface area contributed by atoms with Gasteiger partial charge < -0.3 is 19.5 Å². The van der Waals surface area contributed by atoms with E-state index in [1.807, 2.05) is 6.92 Å². The van der Waals surface area contributed by atoms with E-state index in [4.69, 9.17) is 9.26 Å². The monoisotopic (exact) mass is 529 g/mol. The molecule has 1 aromatic heterocycles. The smallest absolute Gasteiger partial charge is 0.220 e. The molecule has 0 saturated carbocycles. The fourth-order valence-electron chi connectivity index (χ4n) is 2.76. The fraction of sp³-hybridized carbons (Fsp3) is 0.765. The number of sulfonamides is 1. The van der Waals surface area contributed by atoms with Gasteiger partial charge in [-0.3, -0.25) is 4.99 Å². The second-order valence-corrected chi connectivity index (χ2v) is 8.30. The highest BCUT2D eigenvalue weighted by atomic mass is 127. The SMILES string of the molecule is CCCCOCCN=C(NCC)N1CCN(S(=O)(=O)Cc2ccon2)CC1.I. The fourth-order valence-corrected chi connectivity index (χ4v) is 4.18. The Morgan fingerprint density at radius 2 is 2.04 bits per heavy atom. The van der Waals surface area contributed by atoms with Crippen LogP contribution in [-0.2, 0) is 20.5 Å². The maximum Gasteiger partial charge on any atom is 0.220 e. The Labute approximate surface area is 184 Å². The summed E-state index contributed by atoms with van der Waals surface area (Å²) in [5, 5.41) is 6.97. The highest BCUT2D eigenvalue weighted by molar-refractivity contribution is 14.0. The van der Waals surface area contributed by atoms with Gasteiger partial charge in [0.25, 0.3) is 0 Å². The van der Waals surface area contributed by atoms with Gasteiger partial charge in [-0.2, -0.15) is 4.31 Å². The van der Waals surface area contributed by atoms with Crippen molar-refractivity contribution in [3.05, 3.63) is 18.0 Å². The minimum Gasteiger partial charge on any atom is -0.380 e. The van der Waals surface area contributed by atoms with Gasteiger partial charge >= 0.3 is 0 Å². The molecule has 28 heavy (non-hydrogen) atoms. The highest BCUT2D eigenvalue weighted by Crippen LogP contribution is 2.12. The second kappa shape index (κ2) is 13.3. The van der Waals surface area contributed by atoms with Crippen LogP contribution in [0, 0.1) is 0 Å². The molecule has 0 bridgehead atoms. The van der Waals surface area contributed by atoms with E-state index in [1.165, 1.54) is 10.6 Å². The standard InChI is InChI=1S/C17H31N5O4S.HI/c1-3-5-12-25-14-7-19-17(18-4-2)21-8-10-22(11-9-21)27(23,24)15-16-6-13-26-20-16;/h6,13H,3-5,7-12,14-15H2,1-2H3,(H,18,19);1H. The molecule has 1 N–H and O–H groups in total. The Morgan fingerprint density at radius 1 is 1.29 bits per heavy atom. The van der Waals surface area contributed by atoms with E-state index >= 15 is 0 Å². The first-order chi connectivity index (χ1) is 13.1. The van der Waals surface area contributed by atoms with Crippen molar-refractivity contribution in [3.63, 3.8) is 0 Å². The molecular weight excluding hydrogens is 497 g/mol. The Hall–Kier alpha value is -0.920. The lowest BCUT2D eigenvalue weighted by molar-refractivity contribution is 0.138. The molecule has 1 aliphatic rings. The summed E-state index contributed by atoms with van der Waals surface area (Å²) < 4.78 is 36.8. The zero-order valence-electron chi connectivity index (χ0n) is 16.7. The molecule has 0 aliphatic carbocycles. The Morgan fingerprint density at radius 3 is 2.64 bits per heavy atom. The minimum absolute atomic E-state index is 0. The molecule has 0 unspecified atom stereocenters. The lowest BCUT2D eigenvalue weighted by Gasteiger charge is -2.35. The number of nitrogens with one attached hydrogen (secondary N) is 1. The molecule has 2 rings (SSSR count). The lowest BCUT2D eigenvalue weighted by Crippen LogP contribution is -2.54. The number of unbranched alkanes of at least 4 members (excludes halogenated alkanes) is 1. The maximum atomic E-state index is 12.5. The van der Waals surface area contributed by atoms with Crippen molar-refractivity contribution in [1.82, 2.24) is 19.7 Å². The third kappa shape index (κ3) is 8.21. The number of aliphatic imine (C=N–C) groups is 1. The Balaban J connectivity index is 0.00000392. The minimum atomic E-state index is -3.39. The normalized spacial score (nSPS) is 16.1. The van der Waals surface area contributed by atoms with E-state index < -0.39 is 10.0 Å². The molecule has 0 aromatic carbocycles. The van der Waals surface area contributed by atoms with Gasteiger partial charge in [-0.1, -0.05) is 18.5 Å². The predicted molar refractivity (Wildman–Crippen MR) is 119 cm³/mol. The van der Waals surface area contributed by atoms with Crippen LogP contribution in [0.5, 0.6) is 0 Å². The molecule has 1 saturated heterocycles. The number of rotatable bonds is 10. The molecule has 9 nitrogen and oxygen atoms in total. The number of halogens is 1. The summed E-state index contributed by atoms with van der Waals surface area (Å²) in [5.74, 6) is 0.678. The number of aromatic nitrogens is 1. The molecule has 0 radical (unpaired) electrons. The average Bonchev–Trinajstić information content (AvgIpc) is 3.16. The molecule has 2 heterocycles. The third-order valence-corrected chi connectivity index (χ3v) is 6.04. The van der Waals surface area contributed by atoms with E-state index in [-0.39, 0.29) is 29.7 Å². The van der Waals surface area contributed by atoms with Crippen molar-refractivity contribution in [2.45, 2.75) is 32.4 Å². The molecule has 0 amide bonds. The zero-order valence-corrected chi connectivity index (χ0v) is 19.8. The van der Waals surface area contributed by atoms with Crippen molar-refractivity contribution >= 4 is 40.0 Å². The quantitative estimate of drug-likeness (QED) is 0.212. The van der Waals surface area contributed by atoms with Gasteiger partial charge in [0, 0.05) is 45.4 Å². The molecule has 0 atom stereocenters. The van der Waals surface area contributed by atoms with Crippen LogP contribution in [0.2, 0.25) is 0 Å². The van der Waals surface area contributed by atoms with Crippen molar-refractivity contribution in [3.8, 4) is 0 Å². The van der Waals surface area contributed by atoms with Gasteiger partial charge in [-0.05, 0) is 13.3 Å². The van der Waals surface area contributed by atoms with E-state index in [1.54, 1.807) is 6.07 Å². The summed E-state index contributed by atoms with van der Waals surface area (Å²) in [6.45, 7) is 8.93. The van der Waals surface area contributed by atoms with E-state index in [0.717, 1.165) is 32.0 Å². The molecule has 1 fully saturated rings.